The van der Waals surface area contributed by atoms with E-state index >= 15 is 0 Å². The van der Waals surface area contributed by atoms with Gasteiger partial charge in [0, 0.05) is 0 Å². The third-order valence-electron chi connectivity index (χ3n) is 4.42. The Hall–Kier alpha value is -2.37. The first-order valence-electron chi connectivity index (χ1n) is 7.37. The Morgan fingerprint density at radius 3 is 2.45 bits per heavy atom. The molecule has 6 nitrogen and oxygen atoms in total. The van der Waals surface area contributed by atoms with Gasteiger partial charge in [0.25, 0.3) is 5.91 Å². The molecule has 2 aliphatic rings. The number of carbonyl (C=O) groups is 3. The maximum absolute atomic E-state index is 12.5. The van der Waals surface area contributed by atoms with Gasteiger partial charge >= 0.3 is 12.0 Å². The number of imide groups is 1. The van der Waals surface area contributed by atoms with Gasteiger partial charge in [-0.2, -0.15) is 0 Å². The quantitative estimate of drug-likeness (QED) is 0.683. The highest BCUT2D eigenvalue weighted by atomic mass is 16.5. The van der Waals surface area contributed by atoms with Gasteiger partial charge in [-0.15, -0.1) is 0 Å². The summed E-state index contributed by atoms with van der Waals surface area (Å²) in [6.07, 6.45) is 3.37. The average molecular weight is 302 g/mol. The molecule has 0 bridgehead atoms. The predicted molar refractivity (Wildman–Crippen MR) is 78.1 cm³/mol. The predicted octanol–water partition coefficient (Wildman–Crippen LogP) is 1.84. The second kappa shape index (κ2) is 5.44. The first-order chi connectivity index (χ1) is 10.6. The van der Waals surface area contributed by atoms with Gasteiger partial charge in [0.2, 0.25) is 0 Å². The Kier molecular flexibility index (Phi) is 3.60. The number of rotatable bonds is 3. The van der Waals surface area contributed by atoms with Crippen molar-refractivity contribution in [2.45, 2.75) is 37.8 Å². The lowest BCUT2D eigenvalue weighted by molar-refractivity contribution is -0.131. The van der Waals surface area contributed by atoms with E-state index in [1.54, 1.807) is 24.3 Å². The van der Waals surface area contributed by atoms with Crippen molar-refractivity contribution in [1.82, 2.24) is 10.2 Å². The molecule has 116 valence electrons. The monoisotopic (exact) mass is 302 g/mol. The summed E-state index contributed by atoms with van der Waals surface area (Å²) in [4.78, 5) is 37.3. The molecule has 0 aromatic heterocycles. The van der Waals surface area contributed by atoms with Crippen LogP contribution in [0.5, 0.6) is 0 Å². The third-order valence-corrected chi connectivity index (χ3v) is 4.42. The fraction of sp³-hybridized carbons (Fsp3) is 0.438. The van der Waals surface area contributed by atoms with E-state index in [9.17, 15) is 14.4 Å². The molecule has 1 aromatic carbocycles. The van der Waals surface area contributed by atoms with Crippen LogP contribution in [0.4, 0.5) is 4.79 Å². The molecule has 1 aliphatic carbocycles. The van der Waals surface area contributed by atoms with Crippen LogP contribution in [0.1, 0.15) is 41.6 Å². The maximum atomic E-state index is 12.5. The average Bonchev–Trinajstić information content (AvgIpc) is 3.09. The number of nitrogens with zero attached hydrogens (tertiary/aromatic N) is 1. The molecular formula is C16H18N2O4. The van der Waals surface area contributed by atoms with E-state index < -0.39 is 11.5 Å². The second-order valence-corrected chi connectivity index (χ2v) is 5.80. The molecule has 1 spiro atoms. The number of benzene rings is 1. The largest absolute Gasteiger partial charge is 0.465 e. The smallest absolute Gasteiger partial charge is 0.337 e. The standard InChI is InChI=1S/C16H18N2O4/c1-22-13(19)12-6-4-11(5-7-12)10-18-14(20)16(17-15(18)21)8-2-3-9-16/h4-7H,2-3,8-10H2,1H3,(H,17,21). The fourth-order valence-electron chi connectivity index (χ4n) is 3.18. The van der Waals surface area contributed by atoms with Crippen molar-refractivity contribution < 1.29 is 19.1 Å². The highest BCUT2D eigenvalue weighted by Crippen LogP contribution is 2.35. The summed E-state index contributed by atoms with van der Waals surface area (Å²) in [6.45, 7) is 0.216. The molecule has 6 heteroatoms. The number of esters is 1. The lowest BCUT2D eigenvalue weighted by Gasteiger charge is -2.20. The van der Waals surface area contributed by atoms with Gasteiger partial charge in [-0.3, -0.25) is 9.69 Å². The van der Waals surface area contributed by atoms with Gasteiger partial charge in [-0.05, 0) is 30.5 Å². The number of methoxy groups -OCH3 is 1. The molecule has 0 radical (unpaired) electrons. The summed E-state index contributed by atoms with van der Waals surface area (Å²) >= 11 is 0. The number of carbonyl (C=O) groups excluding carboxylic acids is 3. The minimum atomic E-state index is -0.678. The SMILES string of the molecule is COC(=O)c1ccc(CN2C(=O)NC3(CCCC3)C2=O)cc1. The molecule has 1 aliphatic heterocycles. The summed E-state index contributed by atoms with van der Waals surface area (Å²) in [5.74, 6) is -0.543. The van der Waals surface area contributed by atoms with Crippen LogP contribution >= 0.6 is 0 Å². The van der Waals surface area contributed by atoms with Crippen molar-refractivity contribution in [3.63, 3.8) is 0 Å². The number of hydrogen-bond acceptors (Lipinski definition) is 4. The fourth-order valence-corrected chi connectivity index (χ4v) is 3.18. The molecule has 1 saturated heterocycles. The third kappa shape index (κ3) is 2.34. The van der Waals surface area contributed by atoms with Crippen molar-refractivity contribution in [3.05, 3.63) is 35.4 Å². The van der Waals surface area contributed by atoms with E-state index in [0.29, 0.717) is 5.56 Å². The lowest BCUT2D eigenvalue weighted by Crippen LogP contribution is -2.44. The summed E-state index contributed by atoms with van der Waals surface area (Å²) in [7, 11) is 1.32. The Labute approximate surface area is 128 Å². The summed E-state index contributed by atoms with van der Waals surface area (Å²) in [5.41, 5.74) is 0.560. The van der Waals surface area contributed by atoms with Crippen molar-refractivity contribution >= 4 is 17.9 Å². The molecule has 0 atom stereocenters. The van der Waals surface area contributed by atoms with Gasteiger partial charge in [0.15, 0.2) is 0 Å². The van der Waals surface area contributed by atoms with Crippen molar-refractivity contribution in [2.24, 2.45) is 0 Å². The highest BCUT2D eigenvalue weighted by molar-refractivity contribution is 6.07. The van der Waals surface area contributed by atoms with E-state index in [4.69, 9.17) is 0 Å². The van der Waals surface area contributed by atoms with Crippen LogP contribution in [0, 0.1) is 0 Å². The Morgan fingerprint density at radius 1 is 1.23 bits per heavy atom. The first-order valence-corrected chi connectivity index (χ1v) is 7.37. The minimum absolute atomic E-state index is 0.132. The van der Waals surface area contributed by atoms with Gasteiger partial charge < -0.3 is 10.1 Å². The molecule has 0 unspecified atom stereocenters. The lowest BCUT2D eigenvalue weighted by atomic mass is 9.98. The molecule has 3 amide bonds. The molecule has 22 heavy (non-hydrogen) atoms. The molecule has 2 fully saturated rings. The van der Waals surface area contributed by atoms with E-state index in [-0.39, 0.29) is 18.5 Å². The number of hydrogen-bond donors (Lipinski definition) is 1. The minimum Gasteiger partial charge on any atom is -0.465 e. The van der Waals surface area contributed by atoms with Crippen LogP contribution in [-0.2, 0) is 16.1 Å². The second-order valence-electron chi connectivity index (χ2n) is 5.80. The van der Waals surface area contributed by atoms with Crippen LogP contribution in [0.15, 0.2) is 24.3 Å². The zero-order valence-electron chi connectivity index (χ0n) is 12.4. The van der Waals surface area contributed by atoms with Crippen molar-refractivity contribution in [1.29, 1.82) is 0 Å². The van der Waals surface area contributed by atoms with Crippen molar-refractivity contribution in [2.75, 3.05) is 7.11 Å². The van der Waals surface area contributed by atoms with Gasteiger partial charge in [-0.1, -0.05) is 25.0 Å². The van der Waals surface area contributed by atoms with Crippen LogP contribution in [0.3, 0.4) is 0 Å². The number of urea groups is 1. The van der Waals surface area contributed by atoms with E-state index in [0.717, 1.165) is 31.2 Å². The maximum Gasteiger partial charge on any atom is 0.337 e. The number of ether oxygens (including phenoxy) is 1. The van der Waals surface area contributed by atoms with E-state index in [1.165, 1.54) is 12.0 Å². The van der Waals surface area contributed by atoms with Crippen molar-refractivity contribution in [3.8, 4) is 0 Å². The zero-order chi connectivity index (χ0) is 15.7. The molecule has 1 saturated carbocycles. The molecule has 1 aromatic rings. The van der Waals surface area contributed by atoms with Gasteiger partial charge in [0.05, 0.1) is 19.2 Å². The zero-order valence-corrected chi connectivity index (χ0v) is 12.4. The van der Waals surface area contributed by atoms with Gasteiger partial charge in [0.1, 0.15) is 5.54 Å². The Bertz CT molecular complexity index is 618. The normalized spacial score (nSPS) is 19.6. The van der Waals surface area contributed by atoms with E-state index in [2.05, 4.69) is 10.1 Å². The summed E-state index contributed by atoms with van der Waals surface area (Å²) < 4.78 is 4.64. The molecule has 3 rings (SSSR count). The molecular weight excluding hydrogens is 284 g/mol. The highest BCUT2D eigenvalue weighted by Gasteiger charge is 2.52. The number of nitrogens with one attached hydrogen (secondary N) is 1. The van der Waals surface area contributed by atoms with Crippen LogP contribution < -0.4 is 5.32 Å². The van der Waals surface area contributed by atoms with Crippen LogP contribution in [0.2, 0.25) is 0 Å². The van der Waals surface area contributed by atoms with E-state index in [1.807, 2.05) is 0 Å². The Balaban J connectivity index is 1.74. The van der Waals surface area contributed by atoms with Gasteiger partial charge in [-0.25, -0.2) is 9.59 Å². The van der Waals surface area contributed by atoms with Crippen LogP contribution in [0.25, 0.3) is 0 Å². The topological polar surface area (TPSA) is 75.7 Å². The molecule has 1 heterocycles. The summed E-state index contributed by atoms with van der Waals surface area (Å²) in [6, 6.07) is 6.39. The molecule has 1 N–H and O–H groups in total. The summed E-state index contributed by atoms with van der Waals surface area (Å²) in [5, 5.41) is 2.85. The number of amides is 3. The van der Waals surface area contributed by atoms with Crippen LogP contribution in [-0.4, -0.2) is 35.5 Å². The first kappa shape index (κ1) is 14.6. The Morgan fingerprint density at radius 2 is 1.86 bits per heavy atom.